The van der Waals surface area contributed by atoms with Crippen molar-refractivity contribution in [2.45, 2.75) is 25.7 Å². The van der Waals surface area contributed by atoms with Crippen molar-refractivity contribution in [3.63, 3.8) is 0 Å². The van der Waals surface area contributed by atoms with Gasteiger partial charge in [0, 0.05) is 0 Å². The Bertz CT molecular complexity index is 877. The first kappa shape index (κ1) is 18.9. The molecule has 2 aromatic rings. The van der Waals surface area contributed by atoms with Crippen LogP contribution in [0.15, 0.2) is 65.6 Å². The van der Waals surface area contributed by atoms with E-state index < -0.39 is 21.2 Å². The Hall–Kier alpha value is -2.40. The van der Waals surface area contributed by atoms with Crippen molar-refractivity contribution in [3.8, 4) is 0 Å². The van der Waals surface area contributed by atoms with E-state index in [0.717, 1.165) is 5.56 Å². The molecule has 0 N–H and O–H groups in total. The lowest BCUT2D eigenvalue weighted by Gasteiger charge is -2.20. The van der Waals surface area contributed by atoms with Gasteiger partial charge in [-0.05, 0) is 44.5 Å². The molecule has 0 saturated carbocycles. The number of carbonyl (C=O) groups is 1. The van der Waals surface area contributed by atoms with Crippen LogP contribution in [0.5, 0.6) is 0 Å². The molecule has 0 spiro atoms. The highest BCUT2D eigenvalue weighted by molar-refractivity contribution is 8.00. The maximum Gasteiger partial charge on any atom is 0.315 e. The van der Waals surface area contributed by atoms with Gasteiger partial charge in [0.2, 0.25) is 9.84 Å². The molecule has 0 heterocycles. The number of benzene rings is 2. The minimum Gasteiger partial charge on any atom is -0.468 e. The third kappa shape index (κ3) is 4.17. The number of sulfone groups is 1. The summed E-state index contributed by atoms with van der Waals surface area (Å²) in [6.45, 7) is 5.16. The smallest absolute Gasteiger partial charge is 0.315 e. The monoisotopic (exact) mass is 358 g/mol. The average Bonchev–Trinajstić information content (AvgIpc) is 2.60. The highest BCUT2D eigenvalue weighted by atomic mass is 32.2. The molecule has 25 heavy (non-hydrogen) atoms. The number of hydrogen-bond acceptors (Lipinski definition) is 4. The van der Waals surface area contributed by atoms with Crippen molar-refractivity contribution < 1.29 is 17.9 Å². The SMILES string of the molecule is COC(=O)C(C)(C)/C=C(/c1ccccc1)S(=O)(=O)c1ccc(C)cc1. The lowest BCUT2D eigenvalue weighted by Crippen LogP contribution is -2.24. The number of esters is 1. The van der Waals surface area contributed by atoms with Crippen molar-refractivity contribution in [3.05, 3.63) is 71.8 Å². The zero-order valence-corrected chi connectivity index (χ0v) is 15.6. The van der Waals surface area contributed by atoms with Crippen molar-refractivity contribution >= 4 is 20.7 Å². The second-order valence-electron chi connectivity index (χ2n) is 6.40. The molecule has 2 aromatic carbocycles. The molecule has 0 amide bonds. The van der Waals surface area contributed by atoms with E-state index in [1.165, 1.54) is 13.2 Å². The van der Waals surface area contributed by atoms with E-state index in [1.807, 2.05) is 13.0 Å². The van der Waals surface area contributed by atoms with Gasteiger partial charge in [0.05, 0.1) is 22.3 Å². The summed E-state index contributed by atoms with van der Waals surface area (Å²) >= 11 is 0. The van der Waals surface area contributed by atoms with Crippen molar-refractivity contribution in [2.75, 3.05) is 7.11 Å². The Morgan fingerprint density at radius 1 is 1.00 bits per heavy atom. The minimum absolute atomic E-state index is 0.0901. The molecule has 0 aliphatic carbocycles. The Morgan fingerprint density at radius 3 is 2.08 bits per heavy atom. The molecule has 0 saturated heterocycles. The number of rotatable bonds is 5. The fraction of sp³-hybridized carbons (Fsp3) is 0.250. The molecule has 0 unspecified atom stereocenters. The van der Waals surface area contributed by atoms with Crippen LogP contribution in [0.25, 0.3) is 4.91 Å². The van der Waals surface area contributed by atoms with Crippen molar-refractivity contribution in [1.82, 2.24) is 0 Å². The Balaban J connectivity index is 2.68. The maximum atomic E-state index is 13.2. The number of methoxy groups -OCH3 is 1. The van der Waals surface area contributed by atoms with E-state index >= 15 is 0 Å². The quantitative estimate of drug-likeness (QED) is 0.758. The van der Waals surface area contributed by atoms with Crippen LogP contribution in [-0.2, 0) is 19.4 Å². The molecule has 132 valence electrons. The number of carbonyl (C=O) groups excluding carboxylic acids is 1. The molecule has 0 aromatic heterocycles. The maximum absolute atomic E-state index is 13.2. The fourth-order valence-corrected chi connectivity index (χ4v) is 4.06. The molecular formula is C20H22O4S. The molecule has 0 fully saturated rings. The summed E-state index contributed by atoms with van der Waals surface area (Å²) in [5.74, 6) is -0.500. The molecule has 0 aliphatic heterocycles. The summed E-state index contributed by atoms with van der Waals surface area (Å²) in [4.78, 5) is 12.3. The molecule has 0 bridgehead atoms. The summed E-state index contributed by atoms with van der Waals surface area (Å²) < 4.78 is 31.2. The van der Waals surface area contributed by atoms with Gasteiger partial charge >= 0.3 is 5.97 Å². The fourth-order valence-electron chi connectivity index (χ4n) is 2.41. The summed E-state index contributed by atoms with van der Waals surface area (Å²) in [6.07, 6.45) is 1.46. The standard InChI is InChI=1S/C20H22O4S/c1-15-10-12-17(13-11-15)25(22,23)18(16-8-6-5-7-9-16)14-20(2,3)19(21)24-4/h5-14H,1-4H3/b18-14-. The normalized spacial score (nSPS) is 12.7. The van der Waals surface area contributed by atoms with E-state index in [0.29, 0.717) is 5.56 Å². The first-order valence-corrected chi connectivity index (χ1v) is 9.35. The number of ether oxygens (including phenoxy) is 1. The van der Waals surface area contributed by atoms with Gasteiger partial charge in [-0.1, -0.05) is 48.0 Å². The van der Waals surface area contributed by atoms with E-state index in [1.54, 1.807) is 62.4 Å². The number of aryl methyl sites for hydroxylation is 1. The Morgan fingerprint density at radius 2 is 1.56 bits per heavy atom. The van der Waals surface area contributed by atoms with E-state index in [4.69, 9.17) is 4.74 Å². The zero-order chi connectivity index (χ0) is 18.7. The summed E-state index contributed by atoms with van der Waals surface area (Å²) in [6, 6.07) is 15.4. The van der Waals surface area contributed by atoms with Gasteiger partial charge in [-0.2, -0.15) is 0 Å². The van der Waals surface area contributed by atoms with Crippen LogP contribution < -0.4 is 0 Å². The first-order valence-electron chi connectivity index (χ1n) is 7.87. The second kappa shape index (κ2) is 7.23. The minimum atomic E-state index is -3.79. The van der Waals surface area contributed by atoms with Gasteiger partial charge in [0.15, 0.2) is 0 Å². The molecule has 2 rings (SSSR count). The molecule has 0 radical (unpaired) electrons. The molecule has 0 aliphatic rings. The molecular weight excluding hydrogens is 336 g/mol. The lowest BCUT2D eigenvalue weighted by atomic mass is 9.92. The Kier molecular flexibility index (Phi) is 5.48. The third-order valence-electron chi connectivity index (χ3n) is 3.88. The van der Waals surface area contributed by atoms with Crippen LogP contribution in [0.1, 0.15) is 25.0 Å². The van der Waals surface area contributed by atoms with Gasteiger partial charge in [0.25, 0.3) is 0 Å². The lowest BCUT2D eigenvalue weighted by molar-refractivity contribution is -0.148. The zero-order valence-electron chi connectivity index (χ0n) is 14.8. The topological polar surface area (TPSA) is 60.4 Å². The van der Waals surface area contributed by atoms with Crippen molar-refractivity contribution in [2.24, 2.45) is 5.41 Å². The predicted molar refractivity (Wildman–Crippen MR) is 98.6 cm³/mol. The third-order valence-corrected chi connectivity index (χ3v) is 5.71. The van der Waals surface area contributed by atoms with Crippen LogP contribution in [-0.4, -0.2) is 21.5 Å². The highest BCUT2D eigenvalue weighted by Crippen LogP contribution is 2.33. The molecule has 4 nitrogen and oxygen atoms in total. The van der Waals surface area contributed by atoms with Crippen LogP contribution >= 0.6 is 0 Å². The van der Waals surface area contributed by atoms with Crippen LogP contribution in [0.2, 0.25) is 0 Å². The summed E-state index contributed by atoms with van der Waals surface area (Å²) in [7, 11) is -2.51. The largest absolute Gasteiger partial charge is 0.468 e. The van der Waals surface area contributed by atoms with Crippen LogP contribution in [0.3, 0.4) is 0 Å². The highest BCUT2D eigenvalue weighted by Gasteiger charge is 2.31. The molecule has 0 atom stereocenters. The van der Waals surface area contributed by atoms with E-state index in [9.17, 15) is 13.2 Å². The summed E-state index contributed by atoms with van der Waals surface area (Å²) in [5, 5.41) is 0. The van der Waals surface area contributed by atoms with Gasteiger partial charge in [-0.25, -0.2) is 8.42 Å². The first-order chi connectivity index (χ1) is 11.7. The predicted octanol–water partition coefficient (Wildman–Crippen LogP) is 4.01. The van der Waals surface area contributed by atoms with Gasteiger partial charge in [-0.15, -0.1) is 0 Å². The van der Waals surface area contributed by atoms with Gasteiger partial charge in [-0.3, -0.25) is 4.79 Å². The van der Waals surface area contributed by atoms with Gasteiger partial charge in [0.1, 0.15) is 0 Å². The second-order valence-corrected chi connectivity index (χ2v) is 8.32. The number of hydrogen-bond donors (Lipinski definition) is 0. The summed E-state index contributed by atoms with van der Waals surface area (Å²) in [5.41, 5.74) is 0.414. The average molecular weight is 358 g/mol. The van der Waals surface area contributed by atoms with Crippen molar-refractivity contribution in [1.29, 1.82) is 0 Å². The van der Waals surface area contributed by atoms with E-state index in [-0.39, 0.29) is 9.80 Å². The van der Waals surface area contributed by atoms with Crippen LogP contribution in [0.4, 0.5) is 0 Å². The van der Waals surface area contributed by atoms with Crippen LogP contribution in [0, 0.1) is 12.3 Å². The van der Waals surface area contributed by atoms with E-state index in [2.05, 4.69) is 0 Å². The van der Waals surface area contributed by atoms with Gasteiger partial charge < -0.3 is 4.74 Å². The Labute approximate surface area is 149 Å². The molecule has 5 heteroatoms.